The molecular formula is C40H49ClO7S2. The van der Waals surface area contributed by atoms with E-state index in [-0.39, 0.29) is 21.7 Å². The van der Waals surface area contributed by atoms with Crippen molar-refractivity contribution in [2.75, 3.05) is 0 Å². The Labute approximate surface area is 304 Å². The van der Waals surface area contributed by atoms with Crippen molar-refractivity contribution in [3.63, 3.8) is 0 Å². The topological polar surface area (TPSA) is 104 Å². The van der Waals surface area contributed by atoms with Gasteiger partial charge >= 0.3 is 0 Å². The summed E-state index contributed by atoms with van der Waals surface area (Å²) in [4.78, 5) is 12.4. The normalized spacial score (nSPS) is 13.7. The van der Waals surface area contributed by atoms with Gasteiger partial charge in [-0.1, -0.05) is 108 Å². The molecule has 1 aliphatic carbocycles. The highest BCUT2D eigenvalue weighted by molar-refractivity contribution is 7.87. The third-order valence-corrected chi connectivity index (χ3v) is 10.9. The lowest BCUT2D eigenvalue weighted by Crippen LogP contribution is -2.24. The van der Waals surface area contributed by atoms with E-state index in [2.05, 4.69) is 0 Å². The lowest BCUT2D eigenvalue weighted by molar-refractivity contribution is 0.0982. The molecule has 0 radical (unpaired) electrons. The van der Waals surface area contributed by atoms with Gasteiger partial charge in [0.2, 0.25) is 0 Å². The summed E-state index contributed by atoms with van der Waals surface area (Å²) in [5.74, 6) is 0.185. The van der Waals surface area contributed by atoms with Crippen LogP contribution in [0, 0.1) is 20.8 Å². The second-order valence-electron chi connectivity index (χ2n) is 13.5. The summed E-state index contributed by atoms with van der Waals surface area (Å²) in [6.45, 7) is 11.0. The van der Waals surface area contributed by atoms with Crippen molar-refractivity contribution in [1.82, 2.24) is 0 Å². The monoisotopic (exact) mass is 740 g/mol. The van der Waals surface area contributed by atoms with Gasteiger partial charge in [0.25, 0.3) is 20.2 Å². The summed E-state index contributed by atoms with van der Waals surface area (Å²) in [5.41, 5.74) is 4.45. The number of halogens is 1. The zero-order valence-corrected chi connectivity index (χ0v) is 32.2. The number of hydrogen-bond acceptors (Lipinski definition) is 7. The third-order valence-electron chi connectivity index (χ3n) is 7.72. The molecule has 4 aromatic carbocycles. The van der Waals surface area contributed by atoms with Crippen molar-refractivity contribution in [2.45, 2.75) is 108 Å². The predicted octanol–water partition coefficient (Wildman–Crippen LogP) is 10.00. The van der Waals surface area contributed by atoms with Gasteiger partial charge in [-0.15, -0.1) is 0 Å². The molecule has 0 saturated heterocycles. The van der Waals surface area contributed by atoms with Gasteiger partial charge in [0, 0.05) is 17.0 Å². The van der Waals surface area contributed by atoms with Crippen LogP contribution < -0.4 is 0 Å². The smallest absolute Gasteiger partial charge is 0.294 e. The fraction of sp³-hybridized carbons (Fsp3) is 0.375. The first-order valence-corrected chi connectivity index (χ1v) is 20.0. The van der Waals surface area contributed by atoms with E-state index in [1.807, 2.05) is 69.3 Å². The van der Waals surface area contributed by atoms with E-state index in [1.165, 1.54) is 12.0 Å². The van der Waals surface area contributed by atoms with Crippen LogP contribution in [0.5, 0.6) is 0 Å². The Bertz CT molecular complexity index is 1860. The minimum atomic E-state index is -3.63. The van der Waals surface area contributed by atoms with Crippen LogP contribution in [0.15, 0.2) is 107 Å². The van der Waals surface area contributed by atoms with Crippen molar-refractivity contribution in [1.29, 1.82) is 0 Å². The quantitative estimate of drug-likeness (QED) is 0.124. The second kappa shape index (κ2) is 18.8. The number of Topliss-reactive ketones (excluding diaryl/α,β-unsaturated/α-hetero) is 1. The fourth-order valence-electron chi connectivity index (χ4n) is 4.98. The molecule has 0 heterocycles. The lowest BCUT2D eigenvalue weighted by Gasteiger charge is -2.21. The molecule has 1 saturated carbocycles. The van der Waals surface area contributed by atoms with Gasteiger partial charge in [0.15, 0.2) is 5.78 Å². The average molecular weight is 741 g/mol. The molecule has 270 valence electrons. The van der Waals surface area contributed by atoms with Crippen molar-refractivity contribution in [2.24, 2.45) is 0 Å². The molecule has 0 unspecified atom stereocenters. The first-order chi connectivity index (χ1) is 23.4. The predicted molar refractivity (Wildman–Crippen MR) is 201 cm³/mol. The number of ketones is 1. The second-order valence-corrected chi connectivity index (χ2v) is 17.1. The van der Waals surface area contributed by atoms with Crippen LogP contribution in [0.3, 0.4) is 0 Å². The summed E-state index contributed by atoms with van der Waals surface area (Å²) in [7, 11) is -7.21. The highest BCUT2D eigenvalue weighted by atomic mass is 35.5. The van der Waals surface area contributed by atoms with Crippen LogP contribution in [0.25, 0.3) is 0 Å². The molecular weight excluding hydrogens is 692 g/mol. The molecule has 50 heavy (non-hydrogen) atoms. The number of hydrogen-bond donors (Lipinski definition) is 0. The van der Waals surface area contributed by atoms with Gasteiger partial charge in [-0.2, -0.15) is 16.8 Å². The van der Waals surface area contributed by atoms with Gasteiger partial charge < -0.3 is 0 Å². The molecule has 0 bridgehead atoms. The third kappa shape index (κ3) is 14.5. The van der Waals surface area contributed by atoms with Gasteiger partial charge in [-0.3, -0.25) is 13.2 Å². The first-order valence-electron chi connectivity index (χ1n) is 16.8. The summed E-state index contributed by atoms with van der Waals surface area (Å²) >= 11 is 5.82. The molecule has 5 rings (SSSR count). The van der Waals surface area contributed by atoms with E-state index >= 15 is 0 Å². The van der Waals surface area contributed by atoms with E-state index in [0.29, 0.717) is 6.42 Å². The number of carbonyl (C=O) groups is 1. The van der Waals surface area contributed by atoms with E-state index in [9.17, 15) is 21.6 Å². The Morgan fingerprint density at radius 2 is 1.10 bits per heavy atom. The number of carbonyl (C=O) groups excluding carboxylic acids is 1. The molecule has 1 aliphatic rings. The van der Waals surface area contributed by atoms with Gasteiger partial charge in [0.1, 0.15) is 0 Å². The van der Waals surface area contributed by atoms with Crippen molar-refractivity contribution in [3.8, 4) is 0 Å². The van der Waals surface area contributed by atoms with Crippen molar-refractivity contribution in [3.05, 3.63) is 130 Å². The average Bonchev–Trinajstić information content (AvgIpc) is 3.05. The largest absolute Gasteiger partial charge is 0.297 e. The van der Waals surface area contributed by atoms with Gasteiger partial charge in [-0.05, 0) is 103 Å². The van der Waals surface area contributed by atoms with Gasteiger partial charge in [-0.25, -0.2) is 0 Å². The zero-order valence-electron chi connectivity index (χ0n) is 29.8. The molecule has 0 aliphatic heterocycles. The number of benzene rings is 4. The van der Waals surface area contributed by atoms with E-state index in [0.717, 1.165) is 59.4 Å². The van der Waals surface area contributed by atoms with Crippen LogP contribution in [0.1, 0.15) is 91.9 Å². The van der Waals surface area contributed by atoms with E-state index in [1.54, 1.807) is 69.3 Å². The minimum Gasteiger partial charge on any atom is -0.294 e. The molecule has 1 fully saturated rings. The molecule has 4 aromatic rings. The maximum atomic E-state index is 12.0. The minimum absolute atomic E-state index is 0.130. The number of rotatable bonds is 9. The summed E-state index contributed by atoms with van der Waals surface area (Å²) in [6, 6.07) is 28.7. The number of aryl methyl sites for hydroxylation is 4. The Hall–Kier alpha value is -3.34. The van der Waals surface area contributed by atoms with Crippen LogP contribution in [-0.4, -0.2) is 34.3 Å². The first kappa shape index (κ1) is 41.1. The van der Waals surface area contributed by atoms with Crippen LogP contribution in [0.4, 0.5) is 0 Å². The Morgan fingerprint density at radius 1 is 0.660 bits per heavy atom. The van der Waals surface area contributed by atoms with Crippen LogP contribution >= 0.6 is 11.6 Å². The van der Waals surface area contributed by atoms with Crippen LogP contribution in [0.2, 0.25) is 5.02 Å². The highest BCUT2D eigenvalue weighted by Gasteiger charge is 2.24. The van der Waals surface area contributed by atoms with Crippen molar-refractivity contribution >= 4 is 37.6 Å². The van der Waals surface area contributed by atoms with Crippen LogP contribution in [-0.2, 0) is 35.0 Å². The Kier molecular flexibility index (Phi) is 15.4. The molecule has 0 aromatic heterocycles. The molecule has 0 atom stereocenters. The molecule has 7 nitrogen and oxygen atoms in total. The molecule has 10 heteroatoms. The highest BCUT2D eigenvalue weighted by Crippen LogP contribution is 2.25. The van der Waals surface area contributed by atoms with E-state index in [4.69, 9.17) is 20.0 Å². The molecule has 0 amide bonds. The maximum Gasteiger partial charge on any atom is 0.297 e. The van der Waals surface area contributed by atoms with Crippen molar-refractivity contribution < 1.29 is 30.0 Å². The summed E-state index contributed by atoms with van der Waals surface area (Å²) in [5, 5.41) is 0.726. The lowest BCUT2D eigenvalue weighted by atomic mass is 9.98. The van der Waals surface area contributed by atoms with Gasteiger partial charge in [0.05, 0.1) is 21.5 Å². The zero-order chi connectivity index (χ0) is 37.0. The Morgan fingerprint density at radius 3 is 1.56 bits per heavy atom. The SMILES string of the molecule is Cc1ccc(C(=O)CCc2ccc(Cl)cc2)cc1.Cc1ccc(S(=O)(=O)OC(C)(C)C)cc1.Cc1ccc(S(=O)(=O)OC2CCCCC2)cc1. The Balaban J connectivity index is 0.000000204. The maximum absolute atomic E-state index is 12.0. The standard InChI is InChI=1S/C16H15ClO.C13H18O3S.C11H16O3S/c1-12-2-7-14(8-3-12)16(18)11-6-13-4-9-15(17)10-5-13;1-11-7-9-13(10-8-11)17(14,15)16-12-5-3-2-4-6-12;1-9-5-7-10(8-6-9)15(12,13)14-11(2,3)4/h2-5,7-10H,6,11H2,1H3;7-10,12H,2-6H2,1H3;5-8H,1-4H3. The van der Waals surface area contributed by atoms with E-state index < -0.39 is 25.8 Å². The molecule has 0 N–H and O–H groups in total. The molecule has 0 spiro atoms. The summed E-state index contributed by atoms with van der Waals surface area (Å²) < 4.78 is 57.8. The fourth-order valence-corrected chi connectivity index (χ4v) is 7.46. The summed E-state index contributed by atoms with van der Waals surface area (Å²) in [6.07, 6.45) is 6.17.